The van der Waals surface area contributed by atoms with Gasteiger partial charge in [-0.2, -0.15) is 23.0 Å². The Kier molecular flexibility index (Phi) is 8.93. The molecule has 0 saturated carbocycles. The molecule has 1 aliphatic rings. The van der Waals surface area contributed by atoms with Crippen molar-refractivity contribution >= 4 is 17.6 Å². The van der Waals surface area contributed by atoms with Gasteiger partial charge in [-0.1, -0.05) is 13.3 Å². The van der Waals surface area contributed by atoms with E-state index >= 15 is 0 Å². The summed E-state index contributed by atoms with van der Waals surface area (Å²) in [6.07, 6.45) is 4.17. The average Bonchev–Trinajstić information content (AvgIpc) is 3.33. The standard InChI is InChI=1S/C24H24N8O3.C2HF3O2/c1-15-5-3-4-6-17-11-16(7-10-26-17)21-22(29-23(15)34)24(31-14-25-9-8-20(31)33)32(30-21)18-12-19(35-2)28-13-27-18;3-2(4,5)1(6)7/h7-15H,3-6H2,1-2H3,(H,29,34);(H,6,7). The number of aliphatic carboxylic acids is 1. The first-order chi connectivity index (χ1) is 20.0. The highest BCUT2D eigenvalue weighted by molar-refractivity contribution is 5.98. The minimum atomic E-state index is -5.08. The summed E-state index contributed by atoms with van der Waals surface area (Å²) >= 11 is 0. The second-order valence-electron chi connectivity index (χ2n) is 9.14. The van der Waals surface area contributed by atoms with Gasteiger partial charge in [0.2, 0.25) is 11.8 Å². The van der Waals surface area contributed by atoms with Crippen LogP contribution in [0.5, 0.6) is 5.88 Å². The maximum Gasteiger partial charge on any atom is 0.490 e. The average molecular weight is 587 g/mol. The second-order valence-corrected chi connectivity index (χ2v) is 9.14. The lowest BCUT2D eigenvalue weighted by Gasteiger charge is -2.16. The van der Waals surface area contributed by atoms with Crippen molar-refractivity contribution < 1.29 is 32.6 Å². The highest BCUT2D eigenvalue weighted by Crippen LogP contribution is 2.35. The number of carbonyl (C=O) groups excluding carboxylic acids is 1. The monoisotopic (exact) mass is 586 g/mol. The molecule has 16 heteroatoms. The van der Waals surface area contributed by atoms with Gasteiger partial charge in [-0.05, 0) is 31.4 Å². The molecule has 1 atom stereocenters. The van der Waals surface area contributed by atoms with Crippen LogP contribution in [-0.2, 0) is 16.0 Å². The number of nitrogens with one attached hydrogen (secondary N) is 1. The molecule has 1 aliphatic heterocycles. The van der Waals surface area contributed by atoms with Crippen molar-refractivity contribution in [3.8, 4) is 28.8 Å². The van der Waals surface area contributed by atoms with Gasteiger partial charge in [0, 0.05) is 41.7 Å². The molecule has 13 nitrogen and oxygen atoms in total. The zero-order valence-corrected chi connectivity index (χ0v) is 22.4. The van der Waals surface area contributed by atoms with Crippen molar-refractivity contribution in [2.45, 2.75) is 38.8 Å². The van der Waals surface area contributed by atoms with Crippen LogP contribution in [0, 0.1) is 5.92 Å². The van der Waals surface area contributed by atoms with Crippen LogP contribution in [-0.4, -0.2) is 64.6 Å². The number of anilines is 1. The lowest BCUT2D eigenvalue weighted by molar-refractivity contribution is -0.192. The van der Waals surface area contributed by atoms with Gasteiger partial charge in [0.15, 0.2) is 11.6 Å². The number of hydrogen-bond donors (Lipinski definition) is 2. The van der Waals surface area contributed by atoms with E-state index in [0.717, 1.165) is 36.9 Å². The van der Waals surface area contributed by atoms with E-state index in [0.29, 0.717) is 28.9 Å². The molecule has 4 aromatic heterocycles. The Balaban J connectivity index is 0.000000517. The normalized spacial score (nSPS) is 15.2. The molecule has 4 aromatic rings. The first kappa shape index (κ1) is 29.8. The minimum Gasteiger partial charge on any atom is -0.481 e. The van der Waals surface area contributed by atoms with Crippen LogP contribution in [0.25, 0.3) is 22.9 Å². The number of pyridine rings is 1. The predicted octanol–water partition coefficient (Wildman–Crippen LogP) is 3.21. The number of alkyl halides is 3. The first-order valence-corrected chi connectivity index (χ1v) is 12.6. The number of halogens is 3. The zero-order chi connectivity index (χ0) is 30.4. The third-order valence-electron chi connectivity index (χ3n) is 6.21. The fourth-order valence-corrected chi connectivity index (χ4v) is 4.07. The lowest BCUT2D eigenvalue weighted by atomic mass is 10.00. The van der Waals surface area contributed by atoms with E-state index < -0.39 is 12.1 Å². The smallest absolute Gasteiger partial charge is 0.481 e. The lowest BCUT2D eigenvalue weighted by Crippen LogP contribution is -2.25. The van der Waals surface area contributed by atoms with Crippen LogP contribution in [0.3, 0.4) is 0 Å². The summed E-state index contributed by atoms with van der Waals surface area (Å²) in [5, 5.41) is 15.0. The topological polar surface area (TPSA) is 167 Å². The van der Waals surface area contributed by atoms with Crippen LogP contribution >= 0.6 is 0 Å². The fourth-order valence-electron chi connectivity index (χ4n) is 4.07. The molecule has 5 heterocycles. The zero-order valence-electron chi connectivity index (χ0n) is 22.4. The maximum absolute atomic E-state index is 13.2. The van der Waals surface area contributed by atoms with E-state index in [4.69, 9.17) is 19.7 Å². The number of carboxylic acid groups (broad SMARTS) is 1. The highest BCUT2D eigenvalue weighted by atomic mass is 19.4. The summed E-state index contributed by atoms with van der Waals surface area (Å²) in [7, 11) is 1.50. The number of fused-ring (bicyclic) bond motifs is 4. The third kappa shape index (κ3) is 6.76. The molecular weight excluding hydrogens is 561 g/mol. The Morgan fingerprint density at radius 1 is 1.12 bits per heavy atom. The number of amides is 1. The van der Waals surface area contributed by atoms with Gasteiger partial charge in [-0.15, -0.1) is 0 Å². The van der Waals surface area contributed by atoms with E-state index in [2.05, 4.69) is 25.3 Å². The number of hydrogen-bond acceptors (Lipinski definition) is 9. The molecule has 0 aromatic carbocycles. The van der Waals surface area contributed by atoms with Crippen molar-refractivity contribution in [1.29, 1.82) is 0 Å². The molecule has 0 spiro atoms. The third-order valence-corrected chi connectivity index (χ3v) is 6.21. The molecule has 0 saturated heterocycles. The van der Waals surface area contributed by atoms with Crippen LogP contribution in [0.15, 0.2) is 54.1 Å². The van der Waals surface area contributed by atoms with Crippen LogP contribution in [0.1, 0.15) is 31.9 Å². The fraction of sp³-hybridized carbons (Fsp3) is 0.308. The largest absolute Gasteiger partial charge is 0.490 e. The summed E-state index contributed by atoms with van der Waals surface area (Å²) < 4.78 is 39.8. The minimum absolute atomic E-state index is 0.154. The Morgan fingerprint density at radius 2 is 1.88 bits per heavy atom. The Labute approximate surface area is 236 Å². The van der Waals surface area contributed by atoms with Crippen LogP contribution < -0.4 is 15.6 Å². The van der Waals surface area contributed by atoms with Crippen molar-refractivity contribution in [2.75, 3.05) is 12.4 Å². The summed E-state index contributed by atoms with van der Waals surface area (Å²) in [6.45, 7) is 1.90. The molecule has 0 fully saturated rings. The van der Waals surface area contributed by atoms with E-state index in [9.17, 15) is 22.8 Å². The number of carbonyl (C=O) groups is 2. The van der Waals surface area contributed by atoms with Gasteiger partial charge in [0.25, 0.3) is 5.56 Å². The summed E-state index contributed by atoms with van der Waals surface area (Å²) in [6, 6.07) is 6.73. The van der Waals surface area contributed by atoms with E-state index in [1.165, 1.54) is 41.3 Å². The number of nitrogens with zero attached hydrogens (tertiary/aromatic N) is 7. The van der Waals surface area contributed by atoms with Gasteiger partial charge in [-0.3, -0.25) is 14.6 Å². The van der Waals surface area contributed by atoms with E-state index in [1.807, 2.05) is 19.1 Å². The molecular formula is C26H25F3N8O5. The van der Waals surface area contributed by atoms with E-state index in [-0.39, 0.29) is 17.4 Å². The van der Waals surface area contributed by atoms with Crippen molar-refractivity contribution in [1.82, 2.24) is 34.3 Å². The molecule has 42 heavy (non-hydrogen) atoms. The number of aromatic nitrogens is 7. The Hall–Kier alpha value is -5.15. The molecule has 2 N–H and O–H groups in total. The second kappa shape index (κ2) is 12.6. The Bertz CT molecular complexity index is 1650. The van der Waals surface area contributed by atoms with Gasteiger partial charge in [0.05, 0.1) is 7.11 Å². The maximum atomic E-state index is 13.2. The highest BCUT2D eigenvalue weighted by Gasteiger charge is 2.38. The Morgan fingerprint density at radius 3 is 2.57 bits per heavy atom. The van der Waals surface area contributed by atoms with Gasteiger partial charge in [-0.25, -0.2) is 24.3 Å². The molecule has 1 unspecified atom stereocenters. The number of methoxy groups -OCH3 is 1. The van der Waals surface area contributed by atoms with Gasteiger partial charge >= 0.3 is 12.1 Å². The quantitative estimate of drug-likeness (QED) is 0.364. The molecule has 1 amide bonds. The SMILES string of the molecule is COc1cc(-n2nc3c(c2-n2cnccc2=O)NC(=O)C(C)CCCCc2cc-3ccn2)ncn1.O=C(O)C(F)(F)F. The summed E-state index contributed by atoms with van der Waals surface area (Å²) in [4.78, 5) is 52.1. The summed E-state index contributed by atoms with van der Waals surface area (Å²) in [5.41, 5.74) is 2.22. The van der Waals surface area contributed by atoms with Gasteiger partial charge in [0.1, 0.15) is 24.0 Å². The molecule has 0 radical (unpaired) electrons. The molecule has 5 rings (SSSR count). The van der Waals surface area contributed by atoms with Crippen molar-refractivity contribution in [3.05, 3.63) is 65.4 Å². The molecule has 0 aliphatic carbocycles. The summed E-state index contributed by atoms with van der Waals surface area (Å²) in [5.74, 6) is -2.15. The molecule has 2 bridgehead atoms. The number of aryl methyl sites for hydroxylation is 1. The van der Waals surface area contributed by atoms with Crippen molar-refractivity contribution in [2.24, 2.45) is 5.92 Å². The van der Waals surface area contributed by atoms with Crippen LogP contribution in [0.4, 0.5) is 18.9 Å². The van der Waals surface area contributed by atoms with Crippen LogP contribution in [0.2, 0.25) is 0 Å². The predicted molar refractivity (Wildman–Crippen MR) is 141 cm³/mol. The number of carboxylic acids is 1. The van der Waals surface area contributed by atoms with E-state index in [1.54, 1.807) is 12.3 Å². The molecule has 220 valence electrons. The number of rotatable bonds is 3. The van der Waals surface area contributed by atoms with Crippen molar-refractivity contribution in [3.63, 3.8) is 0 Å². The first-order valence-electron chi connectivity index (χ1n) is 12.6. The van der Waals surface area contributed by atoms with Gasteiger partial charge < -0.3 is 15.2 Å². The number of ether oxygens (including phenoxy) is 1.